The van der Waals surface area contributed by atoms with Crippen LogP contribution in [0.25, 0.3) is 0 Å². The van der Waals surface area contributed by atoms with E-state index >= 15 is 0 Å². The van der Waals surface area contributed by atoms with Crippen LogP contribution in [0.5, 0.6) is 0 Å². The van der Waals surface area contributed by atoms with Crippen molar-refractivity contribution in [2.75, 3.05) is 11.9 Å². The molecule has 1 amide bonds. The zero-order chi connectivity index (χ0) is 15.2. The third-order valence-electron chi connectivity index (χ3n) is 2.85. The van der Waals surface area contributed by atoms with E-state index in [1.54, 1.807) is 6.20 Å². The Morgan fingerprint density at radius 1 is 1.43 bits per heavy atom. The Morgan fingerprint density at radius 3 is 2.95 bits per heavy atom. The first-order chi connectivity index (χ1) is 10.1. The van der Waals surface area contributed by atoms with Crippen molar-refractivity contribution in [1.29, 1.82) is 0 Å². The van der Waals surface area contributed by atoms with Gasteiger partial charge in [-0.25, -0.2) is 4.68 Å². The molecule has 0 fully saturated rings. The molecule has 1 aromatic heterocycles. The average molecular weight is 352 g/mol. The number of nitrogens with zero attached hydrogens (tertiary/aromatic N) is 3. The fourth-order valence-electron chi connectivity index (χ4n) is 1.81. The third-order valence-corrected chi connectivity index (χ3v) is 3.50. The average Bonchev–Trinajstić information content (AvgIpc) is 2.87. The van der Waals surface area contributed by atoms with E-state index in [2.05, 4.69) is 36.9 Å². The van der Waals surface area contributed by atoms with Gasteiger partial charge in [0.1, 0.15) is 6.54 Å². The molecule has 7 heteroatoms. The highest BCUT2D eigenvalue weighted by Gasteiger charge is 2.08. The van der Waals surface area contributed by atoms with Crippen LogP contribution >= 0.6 is 15.9 Å². The molecule has 21 heavy (non-hydrogen) atoms. The van der Waals surface area contributed by atoms with Crippen LogP contribution in [0.15, 0.2) is 28.9 Å². The third kappa shape index (κ3) is 4.64. The van der Waals surface area contributed by atoms with Crippen molar-refractivity contribution in [2.45, 2.75) is 26.9 Å². The summed E-state index contributed by atoms with van der Waals surface area (Å²) in [5.41, 5.74) is 2.70. The quantitative estimate of drug-likeness (QED) is 0.835. The molecule has 6 nitrogen and oxygen atoms in total. The lowest BCUT2D eigenvalue weighted by atomic mass is 10.2. The molecule has 0 unspecified atom stereocenters. The number of carbonyl (C=O) groups is 1. The van der Waals surface area contributed by atoms with Gasteiger partial charge >= 0.3 is 0 Å². The first-order valence-corrected chi connectivity index (χ1v) is 7.53. The van der Waals surface area contributed by atoms with Gasteiger partial charge in [-0.15, -0.1) is 5.10 Å². The molecule has 0 saturated carbocycles. The minimum Gasteiger partial charge on any atom is -0.323 e. The summed E-state index contributed by atoms with van der Waals surface area (Å²) in [4.78, 5) is 12.0. The lowest BCUT2D eigenvalue weighted by Crippen LogP contribution is -2.19. The first kappa shape index (κ1) is 15.7. The summed E-state index contributed by atoms with van der Waals surface area (Å²) in [5.74, 6) is -0.139. The molecule has 0 saturated heterocycles. The molecule has 2 aromatic rings. The predicted molar refractivity (Wildman–Crippen MR) is 84.9 cm³/mol. The van der Waals surface area contributed by atoms with Crippen LogP contribution in [0.4, 0.5) is 5.69 Å². The van der Waals surface area contributed by atoms with Gasteiger partial charge < -0.3 is 10.6 Å². The van der Waals surface area contributed by atoms with E-state index in [0.29, 0.717) is 6.54 Å². The molecule has 2 rings (SSSR count). The van der Waals surface area contributed by atoms with E-state index in [-0.39, 0.29) is 12.5 Å². The number of halogens is 1. The second kappa shape index (κ2) is 7.33. The standard InChI is InChI=1S/C14H18BrN5O/c1-3-16-7-11-8-20(19-18-11)9-14(21)17-13-5-4-10(2)6-12(13)15/h4-6,8,16H,3,7,9H2,1-2H3,(H,17,21). The SMILES string of the molecule is CCNCc1cn(CC(=O)Nc2ccc(C)cc2Br)nn1. The van der Waals surface area contributed by atoms with Gasteiger partial charge in [-0.1, -0.05) is 18.2 Å². The smallest absolute Gasteiger partial charge is 0.246 e. The predicted octanol–water partition coefficient (Wildman–Crippen LogP) is 2.10. The van der Waals surface area contributed by atoms with Gasteiger partial charge in [-0.3, -0.25) is 4.79 Å². The van der Waals surface area contributed by atoms with E-state index in [9.17, 15) is 4.79 Å². The van der Waals surface area contributed by atoms with Crippen LogP contribution in [0.3, 0.4) is 0 Å². The molecule has 0 bridgehead atoms. The molecule has 0 radical (unpaired) electrons. The highest BCUT2D eigenvalue weighted by atomic mass is 79.9. The van der Waals surface area contributed by atoms with Crippen LogP contribution in [0.2, 0.25) is 0 Å². The van der Waals surface area contributed by atoms with Crippen molar-refractivity contribution in [2.24, 2.45) is 0 Å². The summed E-state index contributed by atoms with van der Waals surface area (Å²) < 4.78 is 2.40. The van der Waals surface area contributed by atoms with Crippen molar-refractivity contribution in [1.82, 2.24) is 20.3 Å². The zero-order valence-corrected chi connectivity index (χ0v) is 13.6. The lowest BCUT2D eigenvalue weighted by molar-refractivity contribution is -0.116. The fraction of sp³-hybridized carbons (Fsp3) is 0.357. The number of benzene rings is 1. The monoisotopic (exact) mass is 351 g/mol. The Kier molecular flexibility index (Phi) is 5.46. The summed E-state index contributed by atoms with van der Waals surface area (Å²) in [7, 11) is 0. The van der Waals surface area contributed by atoms with E-state index < -0.39 is 0 Å². The molecular formula is C14H18BrN5O. The Balaban J connectivity index is 1.93. The lowest BCUT2D eigenvalue weighted by Gasteiger charge is -2.07. The second-order valence-corrected chi connectivity index (χ2v) is 5.57. The van der Waals surface area contributed by atoms with Gasteiger partial charge in [-0.05, 0) is 47.1 Å². The summed E-state index contributed by atoms with van der Waals surface area (Å²) in [6.45, 7) is 5.69. The van der Waals surface area contributed by atoms with Crippen molar-refractivity contribution in [3.8, 4) is 0 Å². The molecule has 0 aliphatic rings. The Bertz CT molecular complexity index is 626. The second-order valence-electron chi connectivity index (χ2n) is 4.72. The largest absolute Gasteiger partial charge is 0.323 e. The summed E-state index contributed by atoms with van der Waals surface area (Å²) in [6.07, 6.45) is 1.77. The summed E-state index contributed by atoms with van der Waals surface area (Å²) >= 11 is 3.44. The van der Waals surface area contributed by atoms with Gasteiger partial charge in [0.05, 0.1) is 17.6 Å². The van der Waals surface area contributed by atoms with Gasteiger partial charge in [0, 0.05) is 11.0 Å². The van der Waals surface area contributed by atoms with E-state index in [1.807, 2.05) is 32.0 Å². The molecule has 0 aliphatic carbocycles. The number of carbonyl (C=O) groups excluding carboxylic acids is 1. The van der Waals surface area contributed by atoms with E-state index in [0.717, 1.165) is 28.0 Å². The number of anilines is 1. The highest BCUT2D eigenvalue weighted by molar-refractivity contribution is 9.10. The Hall–Kier alpha value is -1.73. The van der Waals surface area contributed by atoms with Gasteiger partial charge in [-0.2, -0.15) is 0 Å². The number of amides is 1. The minimum absolute atomic E-state index is 0.138. The number of hydrogen-bond acceptors (Lipinski definition) is 4. The molecule has 1 aromatic carbocycles. The minimum atomic E-state index is -0.139. The van der Waals surface area contributed by atoms with Crippen LogP contribution in [-0.2, 0) is 17.9 Å². The molecule has 0 aliphatic heterocycles. The molecule has 1 heterocycles. The van der Waals surface area contributed by atoms with Crippen molar-refractivity contribution < 1.29 is 4.79 Å². The zero-order valence-electron chi connectivity index (χ0n) is 12.1. The maximum Gasteiger partial charge on any atom is 0.246 e. The maximum absolute atomic E-state index is 12.0. The number of rotatable bonds is 6. The van der Waals surface area contributed by atoms with Gasteiger partial charge in [0.15, 0.2) is 0 Å². The van der Waals surface area contributed by atoms with E-state index in [1.165, 1.54) is 4.68 Å². The van der Waals surface area contributed by atoms with E-state index in [4.69, 9.17) is 0 Å². The molecule has 0 spiro atoms. The topological polar surface area (TPSA) is 71.8 Å². The Morgan fingerprint density at radius 2 is 2.24 bits per heavy atom. The number of aryl methyl sites for hydroxylation is 1. The fourth-order valence-corrected chi connectivity index (χ4v) is 2.40. The van der Waals surface area contributed by atoms with Gasteiger partial charge in [0.2, 0.25) is 5.91 Å². The molecule has 2 N–H and O–H groups in total. The Labute approximate surface area is 132 Å². The van der Waals surface area contributed by atoms with Gasteiger partial charge in [0.25, 0.3) is 0 Å². The van der Waals surface area contributed by atoms with Crippen molar-refractivity contribution in [3.05, 3.63) is 40.1 Å². The molecule has 112 valence electrons. The van der Waals surface area contributed by atoms with Crippen LogP contribution in [-0.4, -0.2) is 27.4 Å². The van der Waals surface area contributed by atoms with Crippen LogP contribution in [0, 0.1) is 6.92 Å². The van der Waals surface area contributed by atoms with Crippen LogP contribution in [0.1, 0.15) is 18.2 Å². The van der Waals surface area contributed by atoms with Crippen molar-refractivity contribution >= 4 is 27.5 Å². The number of aromatic nitrogens is 3. The van der Waals surface area contributed by atoms with Crippen molar-refractivity contribution in [3.63, 3.8) is 0 Å². The number of hydrogen-bond donors (Lipinski definition) is 2. The molecular weight excluding hydrogens is 334 g/mol. The summed E-state index contributed by atoms with van der Waals surface area (Å²) in [5, 5.41) is 14.0. The highest BCUT2D eigenvalue weighted by Crippen LogP contribution is 2.23. The maximum atomic E-state index is 12.0. The normalized spacial score (nSPS) is 10.6. The number of nitrogens with one attached hydrogen (secondary N) is 2. The summed E-state index contributed by atoms with van der Waals surface area (Å²) in [6, 6.07) is 5.78. The first-order valence-electron chi connectivity index (χ1n) is 6.74. The molecule has 0 atom stereocenters. The van der Waals surface area contributed by atoms with Crippen LogP contribution < -0.4 is 10.6 Å².